The highest BCUT2D eigenvalue weighted by atomic mass is 35.5. The summed E-state index contributed by atoms with van der Waals surface area (Å²) in [6, 6.07) is 3.13. The van der Waals surface area contributed by atoms with E-state index in [-0.39, 0.29) is 24.1 Å². The van der Waals surface area contributed by atoms with Crippen LogP contribution in [-0.4, -0.2) is 24.1 Å². The molecule has 0 spiro atoms. The summed E-state index contributed by atoms with van der Waals surface area (Å²) in [5.41, 5.74) is 5.64. The average Bonchev–Trinajstić information content (AvgIpc) is 2.48. The zero-order valence-electron chi connectivity index (χ0n) is 13.0. The number of amides is 1. The van der Waals surface area contributed by atoms with Gasteiger partial charge in [-0.3, -0.25) is 4.79 Å². The van der Waals surface area contributed by atoms with Crippen LogP contribution in [-0.2, 0) is 4.79 Å². The second-order valence-electron chi connectivity index (χ2n) is 5.12. The van der Waals surface area contributed by atoms with Gasteiger partial charge in [0, 0.05) is 18.2 Å². The van der Waals surface area contributed by atoms with Crippen molar-refractivity contribution in [2.75, 3.05) is 6.54 Å². The maximum absolute atomic E-state index is 13.1. The lowest BCUT2D eigenvalue weighted by atomic mass is 9.94. The van der Waals surface area contributed by atoms with E-state index in [1.165, 1.54) is 13.0 Å². The maximum Gasteiger partial charge on any atom is 0.260 e. The lowest BCUT2D eigenvalue weighted by molar-refractivity contribution is -0.127. The third-order valence-corrected chi connectivity index (χ3v) is 3.60. The van der Waals surface area contributed by atoms with Crippen molar-refractivity contribution in [1.29, 1.82) is 0 Å². The highest BCUT2D eigenvalue weighted by Gasteiger charge is 2.23. The minimum absolute atomic E-state index is 0. The summed E-state index contributed by atoms with van der Waals surface area (Å²) < 4.78 is 31.1. The van der Waals surface area contributed by atoms with Crippen molar-refractivity contribution in [3.8, 4) is 5.75 Å². The summed E-state index contributed by atoms with van der Waals surface area (Å²) in [7, 11) is 0. The minimum atomic E-state index is -1.02. The molecule has 0 radical (unpaired) electrons. The predicted octanol–water partition coefficient (Wildman–Crippen LogP) is 2.79. The predicted molar refractivity (Wildman–Crippen MR) is 84.2 cm³/mol. The zero-order valence-corrected chi connectivity index (χ0v) is 13.8. The largest absolute Gasteiger partial charge is 0.481 e. The Balaban J connectivity index is 0.00000441. The van der Waals surface area contributed by atoms with Gasteiger partial charge in [0.25, 0.3) is 5.91 Å². The lowest BCUT2D eigenvalue weighted by Crippen LogP contribution is -2.51. The van der Waals surface area contributed by atoms with E-state index in [4.69, 9.17) is 10.5 Å². The molecular weight excluding hydrogens is 314 g/mol. The zero-order chi connectivity index (χ0) is 16.0. The van der Waals surface area contributed by atoms with Gasteiger partial charge in [-0.25, -0.2) is 8.78 Å². The molecule has 4 nitrogen and oxygen atoms in total. The standard InChI is InChI=1S/C15H22F2N2O2.ClH/c1-4-15(18,5-2)9-19-14(20)10(3)21-11-6-7-12(16)13(17)8-11;/h6-8,10H,4-5,9,18H2,1-3H3,(H,19,20);1H. The number of benzene rings is 1. The highest BCUT2D eigenvalue weighted by molar-refractivity contribution is 5.85. The molecular formula is C15H23ClF2N2O2. The van der Waals surface area contributed by atoms with Gasteiger partial charge >= 0.3 is 0 Å². The van der Waals surface area contributed by atoms with Crippen LogP contribution in [0.15, 0.2) is 18.2 Å². The van der Waals surface area contributed by atoms with Crippen LogP contribution < -0.4 is 15.8 Å². The van der Waals surface area contributed by atoms with Gasteiger partial charge in [-0.1, -0.05) is 13.8 Å². The molecule has 22 heavy (non-hydrogen) atoms. The molecule has 3 N–H and O–H groups in total. The molecule has 0 heterocycles. The van der Waals surface area contributed by atoms with Crippen LogP contribution >= 0.6 is 12.4 Å². The molecule has 1 atom stereocenters. The van der Waals surface area contributed by atoms with Crippen LogP contribution in [0.4, 0.5) is 8.78 Å². The monoisotopic (exact) mass is 336 g/mol. The summed E-state index contributed by atoms with van der Waals surface area (Å²) in [6.07, 6.45) is 0.650. The van der Waals surface area contributed by atoms with Gasteiger partial charge in [-0.2, -0.15) is 0 Å². The van der Waals surface area contributed by atoms with Crippen molar-refractivity contribution in [3.05, 3.63) is 29.8 Å². The van der Waals surface area contributed by atoms with E-state index >= 15 is 0 Å². The fourth-order valence-electron chi connectivity index (χ4n) is 1.71. The lowest BCUT2D eigenvalue weighted by Gasteiger charge is -2.27. The number of halogens is 3. The molecule has 0 bridgehead atoms. The van der Waals surface area contributed by atoms with Gasteiger partial charge in [0.15, 0.2) is 17.7 Å². The molecule has 0 aliphatic carbocycles. The molecule has 0 aromatic heterocycles. The van der Waals surface area contributed by atoms with E-state index in [9.17, 15) is 13.6 Å². The second-order valence-corrected chi connectivity index (χ2v) is 5.12. The van der Waals surface area contributed by atoms with Crippen molar-refractivity contribution in [3.63, 3.8) is 0 Å². The first-order valence-electron chi connectivity index (χ1n) is 6.99. The average molecular weight is 337 g/mol. The molecule has 0 saturated heterocycles. The van der Waals surface area contributed by atoms with Crippen molar-refractivity contribution in [2.45, 2.75) is 45.3 Å². The smallest absolute Gasteiger partial charge is 0.260 e. The van der Waals surface area contributed by atoms with E-state index in [2.05, 4.69) is 5.32 Å². The Kier molecular flexibility index (Phi) is 8.34. The number of carbonyl (C=O) groups is 1. The Hall–Kier alpha value is -1.40. The van der Waals surface area contributed by atoms with Crippen molar-refractivity contribution < 1.29 is 18.3 Å². The van der Waals surface area contributed by atoms with Gasteiger partial charge < -0.3 is 15.8 Å². The first-order valence-corrected chi connectivity index (χ1v) is 6.99. The third-order valence-electron chi connectivity index (χ3n) is 3.60. The van der Waals surface area contributed by atoms with Gasteiger partial charge in [0.2, 0.25) is 0 Å². The molecule has 1 unspecified atom stereocenters. The van der Waals surface area contributed by atoms with E-state index in [0.717, 1.165) is 25.0 Å². The van der Waals surface area contributed by atoms with Crippen molar-refractivity contribution >= 4 is 18.3 Å². The van der Waals surface area contributed by atoms with E-state index < -0.39 is 23.3 Å². The number of nitrogens with one attached hydrogen (secondary N) is 1. The van der Waals surface area contributed by atoms with Gasteiger partial charge in [-0.15, -0.1) is 12.4 Å². The Bertz CT molecular complexity index is 496. The summed E-state index contributed by atoms with van der Waals surface area (Å²) in [5, 5.41) is 2.71. The molecule has 1 amide bonds. The summed E-state index contributed by atoms with van der Waals surface area (Å²) in [6.45, 7) is 5.78. The van der Waals surface area contributed by atoms with E-state index in [0.29, 0.717) is 6.54 Å². The minimum Gasteiger partial charge on any atom is -0.481 e. The molecule has 7 heteroatoms. The fraction of sp³-hybridized carbons (Fsp3) is 0.533. The normalized spacial score (nSPS) is 12.3. The van der Waals surface area contributed by atoms with Crippen molar-refractivity contribution in [1.82, 2.24) is 5.32 Å². The molecule has 126 valence electrons. The number of rotatable bonds is 7. The Morgan fingerprint density at radius 1 is 1.32 bits per heavy atom. The third kappa shape index (κ3) is 5.77. The van der Waals surface area contributed by atoms with Crippen LogP contribution in [0.3, 0.4) is 0 Å². The first kappa shape index (κ1) is 20.6. The van der Waals surface area contributed by atoms with E-state index in [1.807, 2.05) is 13.8 Å². The highest BCUT2D eigenvalue weighted by Crippen LogP contribution is 2.17. The number of nitrogens with two attached hydrogens (primary N) is 1. The van der Waals surface area contributed by atoms with Gasteiger partial charge in [0.05, 0.1) is 0 Å². The first-order chi connectivity index (χ1) is 9.81. The van der Waals surface area contributed by atoms with Crippen LogP contribution in [0, 0.1) is 11.6 Å². The summed E-state index contributed by atoms with van der Waals surface area (Å²) in [5.74, 6) is -2.23. The van der Waals surface area contributed by atoms with Crippen LogP contribution in [0.5, 0.6) is 5.75 Å². The van der Waals surface area contributed by atoms with Crippen LogP contribution in [0.1, 0.15) is 33.6 Å². The van der Waals surface area contributed by atoms with Gasteiger partial charge in [-0.05, 0) is 31.9 Å². The Labute approximate surface area is 135 Å². The maximum atomic E-state index is 13.1. The van der Waals surface area contributed by atoms with Crippen LogP contribution in [0.25, 0.3) is 0 Å². The quantitative estimate of drug-likeness (QED) is 0.804. The number of hydrogen-bond acceptors (Lipinski definition) is 3. The molecule has 1 aromatic carbocycles. The summed E-state index contributed by atoms with van der Waals surface area (Å²) >= 11 is 0. The summed E-state index contributed by atoms with van der Waals surface area (Å²) in [4.78, 5) is 11.9. The van der Waals surface area contributed by atoms with Gasteiger partial charge in [0.1, 0.15) is 5.75 Å². The molecule has 0 fully saturated rings. The van der Waals surface area contributed by atoms with Crippen molar-refractivity contribution in [2.24, 2.45) is 5.73 Å². The molecule has 1 rings (SSSR count). The number of hydrogen-bond donors (Lipinski definition) is 2. The Morgan fingerprint density at radius 2 is 1.91 bits per heavy atom. The SMILES string of the molecule is CCC(N)(CC)CNC(=O)C(C)Oc1ccc(F)c(F)c1.Cl. The fourth-order valence-corrected chi connectivity index (χ4v) is 1.71. The number of ether oxygens (including phenoxy) is 1. The molecule has 0 aliphatic heterocycles. The van der Waals surface area contributed by atoms with E-state index in [1.54, 1.807) is 0 Å². The number of carbonyl (C=O) groups excluding carboxylic acids is 1. The molecule has 1 aromatic rings. The Morgan fingerprint density at radius 3 is 2.41 bits per heavy atom. The molecule has 0 saturated carbocycles. The molecule has 0 aliphatic rings. The topological polar surface area (TPSA) is 64.3 Å². The second kappa shape index (κ2) is 8.90. The van der Waals surface area contributed by atoms with Crippen LogP contribution in [0.2, 0.25) is 0 Å².